The number of hydrogen-bond donors (Lipinski definition) is 1. The van der Waals surface area contributed by atoms with E-state index in [1.165, 1.54) is 11.1 Å². The highest BCUT2D eigenvalue weighted by Gasteiger charge is 2.37. The molecule has 17 heavy (non-hydrogen) atoms. The van der Waals surface area contributed by atoms with Crippen LogP contribution >= 0.6 is 0 Å². The third kappa shape index (κ3) is 1.27. The van der Waals surface area contributed by atoms with Crippen LogP contribution in [0.25, 0.3) is 0 Å². The van der Waals surface area contributed by atoms with Crippen LogP contribution < -0.4 is 10.1 Å². The monoisotopic (exact) mass is 223 g/mol. The number of ether oxygens (including phenoxy) is 1. The van der Waals surface area contributed by atoms with E-state index in [4.69, 9.17) is 4.74 Å². The van der Waals surface area contributed by atoms with Crippen LogP contribution in [0.2, 0.25) is 0 Å². The molecule has 1 aliphatic heterocycles. The summed E-state index contributed by atoms with van der Waals surface area (Å²) in [7, 11) is 0. The summed E-state index contributed by atoms with van der Waals surface area (Å²) in [5, 5.41) is 3.58. The smallest absolute Gasteiger partial charge is 0.144 e. The van der Waals surface area contributed by atoms with Crippen LogP contribution in [0.3, 0.4) is 0 Å². The number of hydrogen-bond acceptors (Lipinski definition) is 2. The number of nitrogens with one attached hydrogen (secondary N) is 1. The zero-order valence-electron chi connectivity index (χ0n) is 9.39. The first kappa shape index (κ1) is 9.11. The predicted molar refractivity (Wildman–Crippen MR) is 67.4 cm³/mol. The molecule has 2 atom stereocenters. The van der Waals surface area contributed by atoms with Crippen LogP contribution in [0.4, 0.5) is 5.69 Å². The fraction of sp³-hybridized carbons (Fsp3) is 0.200. The Hall–Kier alpha value is -1.96. The van der Waals surface area contributed by atoms with Crippen molar-refractivity contribution in [2.24, 2.45) is 0 Å². The summed E-state index contributed by atoms with van der Waals surface area (Å²) in [4.78, 5) is 0. The molecule has 0 amide bonds. The Morgan fingerprint density at radius 3 is 2.82 bits per heavy atom. The Morgan fingerprint density at radius 1 is 1.00 bits per heavy atom. The zero-order valence-corrected chi connectivity index (χ0v) is 9.39. The molecule has 84 valence electrons. The average molecular weight is 223 g/mol. The van der Waals surface area contributed by atoms with Gasteiger partial charge in [-0.3, -0.25) is 0 Å². The van der Waals surface area contributed by atoms with Gasteiger partial charge in [-0.2, -0.15) is 0 Å². The van der Waals surface area contributed by atoms with Gasteiger partial charge in [0.25, 0.3) is 0 Å². The van der Waals surface area contributed by atoms with Gasteiger partial charge in [-0.05, 0) is 29.7 Å². The molecule has 1 heterocycles. The number of anilines is 1. The first-order valence-electron chi connectivity index (χ1n) is 6.02. The largest absolute Gasteiger partial charge is 0.481 e. The third-order valence-electron chi connectivity index (χ3n) is 3.65. The maximum Gasteiger partial charge on any atom is 0.144 e. The normalized spacial score (nSPS) is 24.0. The van der Waals surface area contributed by atoms with E-state index in [1.54, 1.807) is 0 Å². The van der Waals surface area contributed by atoms with Gasteiger partial charge in [0.05, 0.1) is 11.7 Å². The van der Waals surface area contributed by atoms with E-state index < -0.39 is 0 Å². The Balaban J connectivity index is 1.79. The molecule has 0 bridgehead atoms. The van der Waals surface area contributed by atoms with E-state index in [-0.39, 0.29) is 6.10 Å². The van der Waals surface area contributed by atoms with E-state index in [0.717, 1.165) is 17.9 Å². The molecule has 0 radical (unpaired) electrons. The molecule has 4 rings (SSSR count). The average Bonchev–Trinajstić information content (AvgIpc) is 2.73. The molecule has 0 saturated heterocycles. The molecule has 2 unspecified atom stereocenters. The fourth-order valence-electron chi connectivity index (χ4n) is 2.86. The molecule has 0 fully saturated rings. The number of fused-ring (bicyclic) bond motifs is 4. The predicted octanol–water partition coefficient (Wildman–Crippen LogP) is 3.16. The summed E-state index contributed by atoms with van der Waals surface area (Å²) in [5.74, 6) is 0.963. The lowest BCUT2D eigenvalue weighted by Crippen LogP contribution is -2.32. The van der Waals surface area contributed by atoms with Gasteiger partial charge in [0.2, 0.25) is 0 Å². The summed E-state index contributed by atoms with van der Waals surface area (Å²) >= 11 is 0. The van der Waals surface area contributed by atoms with Gasteiger partial charge < -0.3 is 10.1 Å². The Kier molecular flexibility index (Phi) is 1.75. The second-order valence-corrected chi connectivity index (χ2v) is 4.69. The molecule has 2 aromatic carbocycles. The van der Waals surface area contributed by atoms with E-state index >= 15 is 0 Å². The van der Waals surface area contributed by atoms with Crippen molar-refractivity contribution in [3.8, 4) is 5.75 Å². The molecule has 0 spiro atoms. The summed E-state index contributed by atoms with van der Waals surface area (Å²) in [6, 6.07) is 17.1. The molecule has 2 aliphatic rings. The summed E-state index contributed by atoms with van der Waals surface area (Å²) < 4.78 is 6.12. The van der Waals surface area contributed by atoms with Gasteiger partial charge in [0, 0.05) is 0 Å². The third-order valence-corrected chi connectivity index (χ3v) is 3.65. The topological polar surface area (TPSA) is 21.3 Å². The fourth-order valence-corrected chi connectivity index (χ4v) is 2.86. The lowest BCUT2D eigenvalue weighted by molar-refractivity contribution is 0.184. The minimum Gasteiger partial charge on any atom is -0.481 e. The van der Waals surface area contributed by atoms with Crippen LogP contribution in [0.5, 0.6) is 5.75 Å². The molecule has 1 aliphatic carbocycles. The SMILES string of the molecule is c1ccc2c(c1)CC1Nc3ccccc3OC21. The van der Waals surface area contributed by atoms with Crippen LogP contribution in [0, 0.1) is 0 Å². The standard InChI is InChI=1S/C15H13NO/c1-2-6-11-10(5-1)9-13-15(11)17-14-8-4-3-7-12(14)16-13/h1-8,13,15-16H,9H2. The van der Waals surface area contributed by atoms with Crippen LogP contribution in [-0.4, -0.2) is 6.04 Å². The molecule has 0 saturated carbocycles. The second kappa shape index (κ2) is 3.27. The van der Waals surface area contributed by atoms with Crippen molar-refractivity contribution < 1.29 is 4.74 Å². The van der Waals surface area contributed by atoms with Crippen LogP contribution in [-0.2, 0) is 6.42 Å². The van der Waals surface area contributed by atoms with Crippen molar-refractivity contribution in [2.75, 3.05) is 5.32 Å². The van der Waals surface area contributed by atoms with E-state index in [1.807, 2.05) is 18.2 Å². The highest BCUT2D eigenvalue weighted by molar-refractivity contribution is 5.60. The van der Waals surface area contributed by atoms with Gasteiger partial charge in [-0.25, -0.2) is 0 Å². The second-order valence-electron chi connectivity index (χ2n) is 4.69. The van der Waals surface area contributed by atoms with Crippen LogP contribution in [0.1, 0.15) is 17.2 Å². The molecular formula is C15H13NO. The van der Waals surface area contributed by atoms with Crippen molar-refractivity contribution in [3.05, 3.63) is 59.7 Å². The van der Waals surface area contributed by atoms with Crippen molar-refractivity contribution in [3.63, 3.8) is 0 Å². The summed E-state index contributed by atoms with van der Waals surface area (Å²) in [6.45, 7) is 0. The molecule has 2 aromatic rings. The van der Waals surface area contributed by atoms with Crippen molar-refractivity contribution in [1.29, 1.82) is 0 Å². The van der Waals surface area contributed by atoms with E-state index in [0.29, 0.717) is 6.04 Å². The lowest BCUT2D eigenvalue weighted by Gasteiger charge is -2.30. The minimum absolute atomic E-state index is 0.168. The van der Waals surface area contributed by atoms with Crippen molar-refractivity contribution in [1.82, 2.24) is 0 Å². The van der Waals surface area contributed by atoms with Gasteiger partial charge >= 0.3 is 0 Å². The maximum absolute atomic E-state index is 6.12. The summed E-state index contributed by atoms with van der Waals surface area (Å²) in [5.41, 5.74) is 3.85. The first-order chi connectivity index (χ1) is 8.42. The molecule has 0 aromatic heterocycles. The summed E-state index contributed by atoms with van der Waals surface area (Å²) in [6.07, 6.45) is 1.22. The quantitative estimate of drug-likeness (QED) is 0.740. The Bertz CT molecular complexity index is 573. The van der Waals surface area contributed by atoms with Gasteiger partial charge in [0.15, 0.2) is 0 Å². The zero-order chi connectivity index (χ0) is 11.2. The molecule has 2 heteroatoms. The number of benzene rings is 2. The Labute approximate surface area is 100 Å². The maximum atomic E-state index is 6.12. The molecular weight excluding hydrogens is 210 g/mol. The van der Waals surface area contributed by atoms with Gasteiger partial charge in [-0.1, -0.05) is 36.4 Å². The first-order valence-corrected chi connectivity index (χ1v) is 6.02. The number of para-hydroxylation sites is 2. The highest BCUT2D eigenvalue weighted by atomic mass is 16.5. The Morgan fingerprint density at radius 2 is 1.82 bits per heavy atom. The minimum atomic E-state index is 0.168. The molecule has 2 nitrogen and oxygen atoms in total. The molecule has 1 N–H and O–H groups in total. The van der Waals surface area contributed by atoms with Gasteiger partial charge in [0.1, 0.15) is 11.9 Å². The van der Waals surface area contributed by atoms with E-state index in [9.17, 15) is 0 Å². The van der Waals surface area contributed by atoms with E-state index in [2.05, 4.69) is 35.6 Å². The highest BCUT2D eigenvalue weighted by Crippen LogP contribution is 2.42. The van der Waals surface area contributed by atoms with Gasteiger partial charge in [-0.15, -0.1) is 0 Å². The van der Waals surface area contributed by atoms with Crippen LogP contribution in [0.15, 0.2) is 48.5 Å². The van der Waals surface area contributed by atoms with Crippen molar-refractivity contribution >= 4 is 5.69 Å². The lowest BCUT2D eigenvalue weighted by atomic mass is 10.1. The number of rotatable bonds is 0. The van der Waals surface area contributed by atoms with Crippen molar-refractivity contribution in [2.45, 2.75) is 18.6 Å².